The van der Waals surface area contributed by atoms with E-state index in [1.54, 1.807) is 4.68 Å². The predicted molar refractivity (Wildman–Crippen MR) is 94.8 cm³/mol. The molecule has 1 aliphatic carbocycles. The van der Waals surface area contributed by atoms with Crippen LogP contribution < -0.4 is 0 Å². The van der Waals surface area contributed by atoms with Crippen LogP contribution in [0.25, 0.3) is 0 Å². The van der Waals surface area contributed by atoms with Crippen molar-refractivity contribution in [3.63, 3.8) is 0 Å². The summed E-state index contributed by atoms with van der Waals surface area (Å²) in [4.78, 5) is 21.8. The van der Waals surface area contributed by atoms with Crippen LogP contribution in [0.2, 0.25) is 0 Å². The van der Waals surface area contributed by atoms with Gasteiger partial charge in [-0.25, -0.2) is 0 Å². The molecule has 140 valence electrons. The van der Waals surface area contributed by atoms with Crippen molar-refractivity contribution in [3.05, 3.63) is 29.2 Å². The maximum atomic E-state index is 13.1. The number of carbonyl (C=O) groups excluding carboxylic acids is 1. The van der Waals surface area contributed by atoms with Crippen molar-refractivity contribution < 1.29 is 9.32 Å². The molecule has 0 spiro atoms. The molecule has 0 radical (unpaired) electrons. The summed E-state index contributed by atoms with van der Waals surface area (Å²) in [5.41, 5.74) is 1.54. The third-order valence-corrected chi connectivity index (χ3v) is 5.25. The number of likely N-dealkylation sites (N-methyl/N-ethyl adjacent to an activating group) is 1. The Labute approximate surface area is 153 Å². The van der Waals surface area contributed by atoms with Crippen LogP contribution in [0.15, 0.2) is 10.7 Å². The van der Waals surface area contributed by atoms with Crippen LogP contribution in [0, 0.1) is 0 Å². The lowest BCUT2D eigenvalue weighted by molar-refractivity contribution is 0.0487. The van der Waals surface area contributed by atoms with Gasteiger partial charge in [0, 0.05) is 38.8 Å². The van der Waals surface area contributed by atoms with Crippen molar-refractivity contribution in [2.24, 2.45) is 7.05 Å². The number of aromatic nitrogens is 4. The van der Waals surface area contributed by atoms with Crippen molar-refractivity contribution in [1.82, 2.24) is 29.7 Å². The second-order valence-corrected chi connectivity index (χ2v) is 7.77. The standard InChI is InChI=1S/C18H26N6O2/c1-11(2)15-13(9-23(4)20-15)18(25)24-8-7-22(3)14(10-24)17-19-16(21-26-17)12-5-6-12/h9,11-12,14H,5-8,10H2,1-4H3/t14-/m1/s1. The van der Waals surface area contributed by atoms with Crippen LogP contribution in [0.4, 0.5) is 0 Å². The number of piperazine rings is 1. The largest absolute Gasteiger partial charge is 0.338 e. The molecule has 2 aliphatic rings. The average molecular weight is 358 g/mol. The monoisotopic (exact) mass is 358 g/mol. The first kappa shape index (κ1) is 17.2. The van der Waals surface area contributed by atoms with Gasteiger partial charge in [-0.1, -0.05) is 19.0 Å². The fourth-order valence-electron chi connectivity index (χ4n) is 3.48. The van der Waals surface area contributed by atoms with E-state index in [0.29, 0.717) is 30.5 Å². The van der Waals surface area contributed by atoms with Gasteiger partial charge in [0.05, 0.1) is 11.3 Å². The van der Waals surface area contributed by atoms with Crippen molar-refractivity contribution >= 4 is 5.91 Å². The zero-order valence-corrected chi connectivity index (χ0v) is 15.8. The lowest BCUT2D eigenvalue weighted by Gasteiger charge is -2.37. The van der Waals surface area contributed by atoms with Gasteiger partial charge in [-0.15, -0.1) is 0 Å². The minimum atomic E-state index is -0.0631. The molecule has 2 aromatic rings. The Morgan fingerprint density at radius 2 is 2.04 bits per heavy atom. The SMILES string of the molecule is CC(C)c1nn(C)cc1C(=O)N1CCN(C)[C@@H](c2nc(C3CC3)no2)C1. The van der Waals surface area contributed by atoms with Crippen LogP contribution in [0.3, 0.4) is 0 Å². The van der Waals surface area contributed by atoms with E-state index in [1.165, 1.54) is 0 Å². The normalized spacial score (nSPS) is 21.6. The lowest BCUT2D eigenvalue weighted by atomic mass is 10.0. The predicted octanol–water partition coefficient (Wildman–Crippen LogP) is 1.93. The molecule has 3 heterocycles. The first-order valence-electron chi connectivity index (χ1n) is 9.30. The Hall–Kier alpha value is -2.22. The van der Waals surface area contributed by atoms with Gasteiger partial charge in [-0.05, 0) is 25.8 Å². The first-order chi connectivity index (χ1) is 12.4. The summed E-state index contributed by atoms with van der Waals surface area (Å²) in [5, 5.41) is 8.59. The summed E-state index contributed by atoms with van der Waals surface area (Å²) >= 11 is 0. The number of aryl methyl sites for hydroxylation is 1. The molecule has 1 saturated carbocycles. The zero-order valence-electron chi connectivity index (χ0n) is 15.8. The van der Waals surface area contributed by atoms with Crippen molar-refractivity contribution in [2.75, 3.05) is 26.7 Å². The molecule has 8 nitrogen and oxygen atoms in total. The summed E-state index contributed by atoms with van der Waals surface area (Å²) in [7, 11) is 3.89. The maximum absolute atomic E-state index is 13.1. The molecule has 0 bridgehead atoms. The minimum absolute atomic E-state index is 0.0295. The van der Waals surface area contributed by atoms with E-state index in [1.807, 2.05) is 25.2 Å². The molecule has 2 aromatic heterocycles. The van der Waals surface area contributed by atoms with Gasteiger partial charge in [0.25, 0.3) is 5.91 Å². The lowest BCUT2D eigenvalue weighted by Crippen LogP contribution is -2.49. The van der Waals surface area contributed by atoms with Gasteiger partial charge < -0.3 is 9.42 Å². The third-order valence-electron chi connectivity index (χ3n) is 5.25. The molecule has 0 N–H and O–H groups in total. The van der Waals surface area contributed by atoms with Gasteiger partial charge in [0.1, 0.15) is 6.04 Å². The highest BCUT2D eigenvalue weighted by atomic mass is 16.5. The summed E-state index contributed by atoms with van der Waals surface area (Å²) in [6.45, 7) is 6.12. The quantitative estimate of drug-likeness (QED) is 0.831. The molecule has 26 heavy (non-hydrogen) atoms. The molecule has 0 aromatic carbocycles. The molecule has 4 rings (SSSR count). The van der Waals surface area contributed by atoms with Crippen LogP contribution in [0.1, 0.15) is 72.3 Å². The topological polar surface area (TPSA) is 80.3 Å². The Morgan fingerprint density at radius 3 is 2.73 bits per heavy atom. The molecule has 8 heteroatoms. The molecule has 1 saturated heterocycles. The fourth-order valence-corrected chi connectivity index (χ4v) is 3.48. The second-order valence-electron chi connectivity index (χ2n) is 7.77. The maximum Gasteiger partial charge on any atom is 0.257 e. The van der Waals surface area contributed by atoms with Crippen LogP contribution in [0.5, 0.6) is 0 Å². The summed E-state index contributed by atoms with van der Waals surface area (Å²) in [6.07, 6.45) is 4.11. The van der Waals surface area contributed by atoms with Crippen LogP contribution in [-0.4, -0.2) is 62.3 Å². The van der Waals surface area contributed by atoms with E-state index in [4.69, 9.17) is 4.52 Å². The number of hydrogen-bond acceptors (Lipinski definition) is 6. The summed E-state index contributed by atoms with van der Waals surface area (Å²) in [6, 6.07) is -0.0631. The molecule has 1 atom stereocenters. The molecule has 0 unspecified atom stereocenters. The minimum Gasteiger partial charge on any atom is -0.338 e. The molecule has 1 aliphatic heterocycles. The smallest absolute Gasteiger partial charge is 0.257 e. The number of carbonyl (C=O) groups is 1. The van der Waals surface area contributed by atoms with E-state index >= 15 is 0 Å². The number of nitrogens with zero attached hydrogens (tertiary/aromatic N) is 6. The summed E-state index contributed by atoms with van der Waals surface area (Å²) < 4.78 is 7.24. The average Bonchev–Trinajstić information content (AvgIpc) is 3.20. The first-order valence-corrected chi connectivity index (χ1v) is 9.30. The number of rotatable bonds is 4. The molecular formula is C18H26N6O2. The van der Waals surface area contributed by atoms with E-state index in [9.17, 15) is 4.79 Å². The zero-order chi connectivity index (χ0) is 18.4. The molecular weight excluding hydrogens is 332 g/mol. The van der Waals surface area contributed by atoms with Gasteiger partial charge in [-0.3, -0.25) is 14.4 Å². The van der Waals surface area contributed by atoms with Crippen molar-refractivity contribution in [2.45, 2.75) is 44.6 Å². The van der Waals surface area contributed by atoms with Crippen molar-refractivity contribution in [1.29, 1.82) is 0 Å². The molecule has 2 fully saturated rings. The Bertz CT molecular complexity index is 806. The number of hydrogen-bond donors (Lipinski definition) is 0. The Kier molecular flexibility index (Phi) is 4.30. The van der Waals surface area contributed by atoms with Gasteiger partial charge >= 0.3 is 0 Å². The number of amides is 1. The van der Waals surface area contributed by atoms with Crippen LogP contribution in [-0.2, 0) is 7.05 Å². The Morgan fingerprint density at radius 1 is 1.27 bits per heavy atom. The van der Waals surface area contributed by atoms with Crippen molar-refractivity contribution in [3.8, 4) is 0 Å². The van der Waals surface area contributed by atoms with Gasteiger partial charge in [-0.2, -0.15) is 10.1 Å². The highest BCUT2D eigenvalue weighted by molar-refractivity contribution is 5.95. The van der Waals surface area contributed by atoms with Crippen LogP contribution >= 0.6 is 0 Å². The molecule has 1 amide bonds. The summed E-state index contributed by atoms with van der Waals surface area (Å²) in [5.74, 6) is 2.12. The van der Waals surface area contributed by atoms with Gasteiger partial charge in [0.2, 0.25) is 5.89 Å². The highest BCUT2D eigenvalue weighted by Crippen LogP contribution is 2.39. The van der Waals surface area contributed by atoms with E-state index in [-0.39, 0.29) is 17.9 Å². The second kappa shape index (κ2) is 6.50. The van der Waals surface area contributed by atoms with E-state index in [0.717, 1.165) is 30.9 Å². The van der Waals surface area contributed by atoms with E-state index < -0.39 is 0 Å². The Balaban J connectivity index is 1.54. The third kappa shape index (κ3) is 3.13. The highest BCUT2D eigenvalue weighted by Gasteiger charge is 2.36. The van der Waals surface area contributed by atoms with E-state index in [2.05, 4.69) is 34.0 Å². The van der Waals surface area contributed by atoms with Gasteiger partial charge in [0.15, 0.2) is 5.82 Å². The fraction of sp³-hybridized carbons (Fsp3) is 0.667.